The Morgan fingerprint density at radius 1 is 1.25 bits per heavy atom. The molecule has 0 bridgehead atoms. The summed E-state index contributed by atoms with van der Waals surface area (Å²) in [7, 11) is 0. The van der Waals surface area contributed by atoms with Crippen molar-refractivity contribution >= 4 is 23.0 Å². The van der Waals surface area contributed by atoms with Gasteiger partial charge in [0.2, 0.25) is 5.95 Å². The molecular weight excluding hydrogens is 320 g/mol. The zero-order valence-electron chi connectivity index (χ0n) is 12.9. The van der Waals surface area contributed by atoms with Crippen molar-refractivity contribution in [3.63, 3.8) is 0 Å². The second-order valence-electron chi connectivity index (χ2n) is 5.62. The molecule has 7 heteroatoms. The molecular formula is C17H14N6S. The number of rotatable bonds is 3. The molecule has 1 atom stereocenters. The molecule has 0 fully saturated rings. The molecule has 2 aromatic heterocycles. The molecule has 2 aromatic rings. The summed E-state index contributed by atoms with van der Waals surface area (Å²) in [6.07, 6.45) is 5.32. The first-order chi connectivity index (χ1) is 11.7. The SMILES string of the molecule is N#Cc1cc(Nc2ncc3c(n2)CCCCC3C(C#N)C#N)cs1. The average molecular weight is 334 g/mol. The number of thiophene rings is 1. The van der Waals surface area contributed by atoms with Gasteiger partial charge in [0.05, 0.1) is 17.8 Å². The molecule has 0 saturated heterocycles. The number of nitriles is 3. The van der Waals surface area contributed by atoms with E-state index in [1.54, 1.807) is 12.3 Å². The summed E-state index contributed by atoms with van der Waals surface area (Å²) in [5, 5.41) is 32.3. The zero-order valence-corrected chi connectivity index (χ0v) is 13.7. The van der Waals surface area contributed by atoms with Gasteiger partial charge in [-0.05, 0) is 30.9 Å². The number of aryl methyl sites for hydroxylation is 1. The molecule has 24 heavy (non-hydrogen) atoms. The van der Waals surface area contributed by atoms with Crippen molar-refractivity contribution < 1.29 is 0 Å². The lowest BCUT2D eigenvalue weighted by Crippen LogP contribution is -2.12. The van der Waals surface area contributed by atoms with Crippen molar-refractivity contribution in [1.82, 2.24) is 9.97 Å². The van der Waals surface area contributed by atoms with E-state index in [9.17, 15) is 10.5 Å². The minimum Gasteiger partial charge on any atom is -0.323 e. The van der Waals surface area contributed by atoms with Gasteiger partial charge in [-0.1, -0.05) is 6.42 Å². The van der Waals surface area contributed by atoms with Crippen molar-refractivity contribution in [2.45, 2.75) is 31.6 Å². The average Bonchev–Trinajstić information content (AvgIpc) is 2.96. The van der Waals surface area contributed by atoms with E-state index in [1.165, 1.54) is 11.3 Å². The third kappa shape index (κ3) is 3.20. The predicted molar refractivity (Wildman–Crippen MR) is 89.4 cm³/mol. The first-order valence-electron chi connectivity index (χ1n) is 7.66. The molecule has 6 nitrogen and oxygen atoms in total. The summed E-state index contributed by atoms with van der Waals surface area (Å²) in [6.45, 7) is 0. The highest BCUT2D eigenvalue weighted by Gasteiger charge is 2.28. The molecule has 0 aromatic carbocycles. The number of hydrogen-bond donors (Lipinski definition) is 1. The normalized spacial score (nSPS) is 16.3. The van der Waals surface area contributed by atoms with E-state index in [4.69, 9.17) is 5.26 Å². The Labute approximate surface area is 144 Å². The summed E-state index contributed by atoms with van der Waals surface area (Å²) in [5.74, 6) is -0.320. The fourth-order valence-corrected chi connectivity index (χ4v) is 3.58. The van der Waals surface area contributed by atoms with Crippen LogP contribution in [0, 0.1) is 39.9 Å². The highest BCUT2D eigenvalue weighted by atomic mass is 32.1. The highest BCUT2D eigenvalue weighted by molar-refractivity contribution is 7.11. The number of aromatic nitrogens is 2. The van der Waals surface area contributed by atoms with Crippen LogP contribution in [0.3, 0.4) is 0 Å². The van der Waals surface area contributed by atoms with Crippen molar-refractivity contribution in [3.8, 4) is 18.2 Å². The molecule has 0 radical (unpaired) electrons. The summed E-state index contributed by atoms with van der Waals surface area (Å²) >= 11 is 1.36. The fourth-order valence-electron chi connectivity index (χ4n) is 2.95. The van der Waals surface area contributed by atoms with Gasteiger partial charge in [-0.25, -0.2) is 9.97 Å². The molecule has 1 aliphatic carbocycles. The van der Waals surface area contributed by atoms with Crippen LogP contribution in [-0.2, 0) is 6.42 Å². The Hall–Kier alpha value is -2.95. The van der Waals surface area contributed by atoms with Gasteiger partial charge in [0.25, 0.3) is 0 Å². The fraction of sp³-hybridized carbons (Fsp3) is 0.353. The summed E-state index contributed by atoms with van der Waals surface area (Å²) < 4.78 is 0. The second kappa shape index (κ2) is 7.08. The number of anilines is 2. The summed E-state index contributed by atoms with van der Waals surface area (Å²) in [6, 6.07) is 8.04. The lowest BCUT2D eigenvalue weighted by Gasteiger charge is -2.17. The maximum atomic E-state index is 9.22. The van der Waals surface area contributed by atoms with Crippen molar-refractivity contribution in [3.05, 3.63) is 33.8 Å². The van der Waals surface area contributed by atoms with Crippen LogP contribution in [0.4, 0.5) is 11.6 Å². The lowest BCUT2D eigenvalue weighted by molar-refractivity contribution is 0.544. The van der Waals surface area contributed by atoms with Crippen LogP contribution in [0.25, 0.3) is 0 Å². The van der Waals surface area contributed by atoms with E-state index in [-0.39, 0.29) is 5.92 Å². The Morgan fingerprint density at radius 3 is 2.79 bits per heavy atom. The third-order valence-electron chi connectivity index (χ3n) is 4.12. The Balaban J connectivity index is 1.89. The Morgan fingerprint density at radius 2 is 2.08 bits per heavy atom. The minimum atomic E-state index is -0.667. The summed E-state index contributed by atoms with van der Waals surface area (Å²) in [4.78, 5) is 9.55. The number of nitrogens with zero attached hydrogens (tertiary/aromatic N) is 5. The predicted octanol–water partition coefficient (Wildman–Crippen LogP) is 3.63. The van der Waals surface area contributed by atoms with Gasteiger partial charge >= 0.3 is 0 Å². The van der Waals surface area contributed by atoms with E-state index < -0.39 is 5.92 Å². The Bertz CT molecular complexity index is 852. The molecule has 0 saturated carbocycles. The topological polar surface area (TPSA) is 109 Å². The molecule has 0 spiro atoms. The molecule has 3 rings (SSSR count). The number of nitrogens with one attached hydrogen (secondary N) is 1. The molecule has 1 N–H and O–H groups in total. The van der Waals surface area contributed by atoms with Gasteiger partial charge in [-0.15, -0.1) is 11.3 Å². The van der Waals surface area contributed by atoms with Crippen molar-refractivity contribution in [2.24, 2.45) is 5.92 Å². The van der Waals surface area contributed by atoms with Crippen LogP contribution in [0.15, 0.2) is 17.6 Å². The van der Waals surface area contributed by atoms with E-state index in [1.807, 2.05) is 5.38 Å². The van der Waals surface area contributed by atoms with Crippen molar-refractivity contribution in [1.29, 1.82) is 15.8 Å². The molecule has 118 valence electrons. The molecule has 0 amide bonds. The third-order valence-corrected chi connectivity index (χ3v) is 4.96. The largest absolute Gasteiger partial charge is 0.323 e. The van der Waals surface area contributed by atoms with E-state index >= 15 is 0 Å². The number of fused-ring (bicyclic) bond motifs is 1. The Kier molecular flexibility index (Phi) is 4.70. The first-order valence-corrected chi connectivity index (χ1v) is 8.54. The van der Waals surface area contributed by atoms with Gasteiger partial charge < -0.3 is 5.32 Å². The van der Waals surface area contributed by atoms with E-state index in [0.717, 1.165) is 42.6 Å². The molecule has 1 aliphatic rings. The van der Waals surface area contributed by atoms with Gasteiger partial charge in [-0.2, -0.15) is 15.8 Å². The minimum absolute atomic E-state index is 0.127. The second-order valence-corrected chi connectivity index (χ2v) is 6.53. The highest BCUT2D eigenvalue weighted by Crippen LogP contribution is 2.35. The molecule has 0 aliphatic heterocycles. The van der Waals surface area contributed by atoms with Crippen LogP contribution in [0.2, 0.25) is 0 Å². The van der Waals surface area contributed by atoms with Crippen molar-refractivity contribution in [2.75, 3.05) is 5.32 Å². The summed E-state index contributed by atoms with van der Waals surface area (Å²) in [5.41, 5.74) is 2.60. The molecule has 2 heterocycles. The van der Waals surface area contributed by atoms with E-state index in [2.05, 4.69) is 33.5 Å². The molecule has 1 unspecified atom stereocenters. The van der Waals surface area contributed by atoms with Crippen LogP contribution >= 0.6 is 11.3 Å². The van der Waals surface area contributed by atoms with E-state index in [0.29, 0.717) is 10.8 Å². The van der Waals surface area contributed by atoms with Crippen LogP contribution in [0.1, 0.15) is 41.3 Å². The van der Waals surface area contributed by atoms with Gasteiger partial charge in [0, 0.05) is 23.2 Å². The monoisotopic (exact) mass is 334 g/mol. The van der Waals surface area contributed by atoms with Crippen LogP contribution < -0.4 is 5.32 Å². The maximum absolute atomic E-state index is 9.22. The quantitative estimate of drug-likeness (QED) is 0.858. The number of hydrogen-bond acceptors (Lipinski definition) is 7. The lowest BCUT2D eigenvalue weighted by atomic mass is 9.85. The standard InChI is InChI=1S/C17H14N6S/c18-6-11(7-19)14-3-1-2-4-16-15(14)9-21-17(23-16)22-12-5-13(8-20)24-10-12/h5,9-11,14H,1-4H2,(H,21,22,23). The maximum Gasteiger partial charge on any atom is 0.227 e. The first kappa shape index (κ1) is 15.9. The van der Waals surface area contributed by atoms with Crippen LogP contribution in [-0.4, -0.2) is 9.97 Å². The van der Waals surface area contributed by atoms with Gasteiger partial charge in [0.1, 0.15) is 16.9 Å². The van der Waals surface area contributed by atoms with Crippen LogP contribution in [0.5, 0.6) is 0 Å². The smallest absolute Gasteiger partial charge is 0.227 e. The van der Waals surface area contributed by atoms with Gasteiger partial charge in [0.15, 0.2) is 0 Å². The zero-order chi connectivity index (χ0) is 16.9. The van der Waals surface area contributed by atoms with Gasteiger partial charge in [-0.3, -0.25) is 0 Å².